The van der Waals surface area contributed by atoms with Gasteiger partial charge in [0.1, 0.15) is 0 Å². The van der Waals surface area contributed by atoms with Crippen LogP contribution in [0.1, 0.15) is 45.4 Å². The Labute approximate surface area is 153 Å². The number of nitrogens with one attached hydrogen (secondary N) is 1. The summed E-state index contributed by atoms with van der Waals surface area (Å²) in [7, 11) is 2.05. The molecule has 2 saturated heterocycles. The summed E-state index contributed by atoms with van der Waals surface area (Å²) in [5, 5.41) is 3.42. The van der Waals surface area contributed by atoms with Crippen LogP contribution in [-0.4, -0.2) is 61.5 Å². The molecule has 23 heavy (non-hydrogen) atoms. The van der Waals surface area contributed by atoms with Crippen LogP contribution in [0.3, 0.4) is 0 Å². The summed E-state index contributed by atoms with van der Waals surface area (Å²) in [6, 6.07) is 0.477. The zero-order valence-electron chi connectivity index (χ0n) is 14.6. The Morgan fingerprint density at radius 2 is 1.83 bits per heavy atom. The van der Waals surface area contributed by atoms with Gasteiger partial charge < -0.3 is 15.1 Å². The van der Waals surface area contributed by atoms with Crippen molar-refractivity contribution >= 4 is 30.7 Å². The van der Waals surface area contributed by atoms with Crippen molar-refractivity contribution in [2.24, 2.45) is 11.3 Å². The predicted molar refractivity (Wildman–Crippen MR) is 99.7 cm³/mol. The number of halogens is 2. The van der Waals surface area contributed by atoms with Crippen molar-refractivity contribution in [1.82, 2.24) is 15.1 Å². The normalized spacial score (nSPS) is 27.0. The first-order valence-electron chi connectivity index (χ1n) is 8.86. The van der Waals surface area contributed by atoms with E-state index in [0.29, 0.717) is 23.3 Å². The Morgan fingerprint density at radius 3 is 2.39 bits per heavy atom. The maximum absolute atomic E-state index is 12.8. The first-order valence-corrected chi connectivity index (χ1v) is 8.86. The number of likely N-dealkylation sites (tertiary alicyclic amines) is 1. The first-order chi connectivity index (χ1) is 10.2. The van der Waals surface area contributed by atoms with E-state index in [-0.39, 0.29) is 24.8 Å². The summed E-state index contributed by atoms with van der Waals surface area (Å²) in [5.41, 5.74) is 0.375. The third kappa shape index (κ3) is 4.53. The molecule has 0 bridgehead atoms. The molecule has 1 aliphatic carbocycles. The molecule has 0 aromatic rings. The van der Waals surface area contributed by atoms with E-state index in [9.17, 15) is 4.79 Å². The second-order valence-electron chi connectivity index (χ2n) is 7.39. The summed E-state index contributed by atoms with van der Waals surface area (Å²) >= 11 is 0. The second kappa shape index (κ2) is 8.89. The van der Waals surface area contributed by atoms with Crippen molar-refractivity contribution < 1.29 is 4.79 Å². The molecule has 1 amide bonds. The molecule has 0 aromatic heterocycles. The highest BCUT2D eigenvalue weighted by atomic mass is 35.5. The highest BCUT2D eigenvalue weighted by molar-refractivity contribution is 5.85. The molecule has 3 fully saturated rings. The van der Waals surface area contributed by atoms with Crippen LogP contribution in [0.5, 0.6) is 0 Å². The van der Waals surface area contributed by atoms with E-state index in [2.05, 4.69) is 29.1 Å². The molecule has 6 heteroatoms. The minimum Gasteiger partial charge on any atom is -0.342 e. The molecular formula is C17H33Cl2N3O. The number of nitrogens with zero attached hydrogens (tertiary/aromatic N) is 2. The van der Waals surface area contributed by atoms with Gasteiger partial charge in [-0.25, -0.2) is 0 Å². The standard InChI is InChI=1S/C17H31N3O.2ClH/c1-3-10-20-11-4-14(5-12-20)19(2)16(21)15-13-17(15)6-8-18-9-7-17;;/h14-15,18H,3-13H2,1-2H3;2*1H. The third-order valence-electron chi connectivity index (χ3n) is 6.08. The van der Waals surface area contributed by atoms with E-state index in [1.54, 1.807) is 0 Å². The van der Waals surface area contributed by atoms with Gasteiger partial charge in [0.05, 0.1) is 0 Å². The lowest BCUT2D eigenvalue weighted by Gasteiger charge is -2.37. The Kier molecular flexibility index (Phi) is 8.12. The molecule has 136 valence electrons. The third-order valence-corrected chi connectivity index (χ3v) is 6.08. The lowest BCUT2D eigenvalue weighted by Crippen LogP contribution is -2.46. The summed E-state index contributed by atoms with van der Waals surface area (Å²) in [6.07, 6.45) is 7.09. The van der Waals surface area contributed by atoms with E-state index in [1.807, 2.05) is 0 Å². The minimum absolute atomic E-state index is 0. The highest BCUT2D eigenvalue weighted by Crippen LogP contribution is 2.59. The van der Waals surface area contributed by atoms with Gasteiger partial charge in [0.15, 0.2) is 0 Å². The van der Waals surface area contributed by atoms with Crippen LogP contribution in [0.2, 0.25) is 0 Å². The maximum Gasteiger partial charge on any atom is 0.226 e. The van der Waals surface area contributed by atoms with Crippen molar-refractivity contribution in [2.45, 2.75) is 51.5 Å². The van der Waals surface area contributed by atoms with Crippen molar-refractivity contribution in [3.63, 3.8) is 0 Å². The van der Waals surface area contributed by atoms with Gasteiger partial charge in [-0.15, -0.1) is 24.8 Å². The highest BCUT2D eigenvalue weighted by Gasteiger charge is 2.58. The fourth-order valence-corrected chi connectivity index (χ4v) is 4.45. The quantitative estimate of drug-likeness (QED) is 0.831. The van der Waals surface area contributed by atoms with Crippen molar-refractivity contribution in [2.75, 3.05) is 39.8 Å². The van der Waals surface area contributed by atoms with Gasteiger partial charge in [-0.2, -0.15) is 0 Å². The zero-order chi connectivity index (χ0) is 14.9. The molecule has 0 radical (unpaired) electrons. The SMILES string of the molecule is CCCN1CCC(N(C)C(=O)C2CC23CCNCC3)CC1.Cl.Cl. The fraction of sp³-hybridized carbons (Fsp3) is 0.941. The molecule has 4 nitrogen and oxygen atoms in total. The van der Waals surface area contributed by atoms with Gasteiger partial charge in [0, 0.05) is 32.1 Å². The van der Waals surface area contributed by atoms with Crippen molar-refractivity contribution in [1.29, 1.82) is 0 Å². The molecule has 1 N–H and O–H groups in total. The lowest BCUT2D eigenvalue weighted by molar-refractivity contribution is -0.135. The first kappa shape index (κ1) is 21.0. The maximum atomic E-state index is 12.8. The van der Waals surface area contributed by atoms with Crippen molar-refractivity contribution in [3.8, 4) is 0 Å². The number of hydrogen-bond acceptors (Lipinski definition) is 3. The van der Waals surface area contributed by atoms with Crippen LogP contribution in [0.25, 0.3) is 0 Å². The topological polar surface area (TPSA) is 35.6 Å². The minimum atomic E-state index is 0. The molecule has 1 spiro atoms. The van der Waals surface area contributed by atoms with Gasteiger partial charge in [-0.3, -0.25) is 4.79 Å². The monoisotopic (exact) mass is 365 g/mol. The molecule has 3 aliphatic rings. The summed E-state index contributed by atoms with van der Waals surface area (Å²) in [4.78, 5) is 17.4. The number of carbonyl (C=O) groups excluding carboxylic acids is 1. The van der Waals surface area contributed by atoms with Crippen LogP contribution in [0, 0.1) is 11.3 Å². The van der Waals surface area contributed by atoms with Crippen LogP contribution < -0.4 is 5.32 Å². The lowest BCUT2D eigenvalue weighted by atomic mass is 9.91. The Balaban J connectivity index is 0.00000132. The average Bonchev–Trinajstić information content (AvgIpc) is 3.21. The molecule has 2 heterocycles. The summed E-state index contributed by atoms with van der Waals surface area (Å²) in [6.45, 7) is 7.98. The number of piperidine rings is 2. The number of hydrogen-bond donors (Lipinski definition) is 1. The average molecular weight is 366 g/mol. The number of amides is 1. The van der Waals surface area contributed by atoms with Gasteiger partial charge in [-0.05, 0) is 63.6 Å². The second-order valence-corrected chi connectivity index (χ2v) is 7.39. The van der Waals surface area contributed by atoms with Gasteiger partial charge in [0.25, 0.3) is 0 Å². The van der Waals surface area contributed by atoms with Crippen LogP contribution in [-0.2, 0) is 4.79 Å². The van der Waals surface area contributed by atoms with E-state index < -0.39 is 0 Å². The molecular weight excluding hydrogens is 333 g/mol. The van der Waals surface area contributed by atoms with E-state index in [4.69, 9.17) is 0 Å². The smallest absolute Gasteiger partial charge is 0.226 e. The van der Waals surface area contributed by atoms with E-state index >= 15 is 0 Å². The Bertz CT molecular complexity index is 380. The van der Waals surface area contributed by atoms with Gasteiger partial charge >= 0.3 is 0 Å². The predicted octanol–water partition coefficient (Wildman–Crippen LogP) is 2.55. The molecule has 2 aliphatic heterocycles. The van der Waals surface area contributed by atoms with E-state index in [1.165, 1.54) is 25.8 Å². The fourth-order valence-electron chi connectivity index (χ4n) is 4.45. The number of rotatable bonds is 4. The van der Waals surface area contributed by atoms with Crippen molar-refractivity contribution in [3.05, 3.63) is 0 Å². The molecule has 0 aromatic carbocycles. The molecule has 1 saturated carbocycles. The molecule has 1 unspecified atom stereocenters. The van der Waals surface area contributed by atoms with E-state index in [0.717, 1.165) is 45.4 Å². The molecule has 3 rings (SSSR count). The Morgan fingerprint density at radius 1 is 1.22 bits per heavy atom. The summed E-state index contributed by atoms with van der Waals surface area (Å²) in [5.74, 6) is 0.768. The van der Waals surface area contributed by atoms with Crippen LogP contribution in [0.4, 0.5) is 0 Å². The van der Waals surface area contributed by atoms with Crippen LogP contribution >= 0.6 is 24.8 Å². The zero-order valence-corrected chi connectivity index (χ0v) is 16.2. The van der Waals surface area contributed by atoms with Crippen LogP contribution in [0.15, 0.2) is 0 Å². The number of carbonyl (C=O) groups is 1. The van der Waals surface area contributed by atoms with Gasteiger partial charge in [0.2, 0.25) is 5.91 Å². The molecule has 1 atom stereocenters. The van der Waals surface area contributed by atoms with Gasteiger partial charge in [-0.1, -0.05) is 6.92 Å². The Hall–Kier alpha value is -0.0300. The largest absolute Gasteiger partial charge is 0.342 e. The summed E-state index contributed by atoms with van der Waals surface area (Å²) < 4.78 is 0.